The predicted octanol–water partition coefficient (Wildman–Crippen LogP) is -3.44. The van der Waals surface area contributed by atoms with Crippen LogP contribution in [-0.4, -0.2) is 64.3 Å². The second-order valence-corrected chi connectivity index (χ2v) is 3.98. The van der Waals surface area contributed by atoms with Crippen molar-refractivity contribution in [3.8, 4) is 0 Å². The summed E-state index contributed by atoms with van der Waals surface area (Å²) in [6.07, 6.45) is -5.63. The first-order chi connectivity index (χ1) is 6.66. The average molecular weight is 246 g/mol. The van der Waals surface area contributed by atoms with Gasteiger partial charge >= 0.3 is 16.4 Å². The van der Waals surface area contributed by atoms with E-state index in [9.17, 15) is 13.5 Å². The molecule has 0 aromatic rings. The SMILES string of the molecule is O=S(=O)(O)OC1(O)OC[C@@H](O)[C@H](O)[C@H]1O. The molecule has 0 bridgehead atoms. The molecular formula is C5H10O9S. The highest BCUT2D eigenvalue weighted by atomic mass is 32.3. The van der Waals surface area contributed by atoms with Crippen molar-refractivity contribution in [2.75, 3.05) is 6.61 Å². The molecule has 0 saturated carbocycles. The zero-order chi connectivity index (χ0) is 11.9. The van der Waals surface area contributed by atoms with Crippen LogP contribution in [0.2, 0.25) is 0 Å². The largest absolute Gasteiger partial charge is 0.402 e. The van der Waals surface area contributed by atoms with Crippen LogP contribution in [0.3, 0.4) is 0 Å². The molecule has 1 rings (SSSR count). The highest BCUT2D eigenvalue weighted by molar-refractivity contribution is 7.80. The van der Waals surface area contributed by atoms with Crippen molar-refractivity contribution in [1.82, 2.24) is 0 Å². The van der Waals surface area contributed by atoms with Gasteiger partial charge in [-0.25, -0.2) is 0 Å². The third-order valence-electron chi connectivity index (χ3n) is 1.78. The summed E-state index contributed by atoms with van der Waals surface area (Å²) in [5.74, 6) is -3.12. The molecule has 9 nitrogen and oxygen atoms in total. The number of rotatable bonds is 2. The molecule has 1 unspecified atom stereocenters. The number of aliphatic hydroxyl groups is 4. The van der Waals surface area contributed by atoms with Crippen molar-refractivity contribution in [3.05, 3.63) is 0 Å². The summed E-state index contributed by atoms with van der Waals surface area (Å²) in [6, 6.07) is 0. The lowest BCUT2D eigenvalue weighted by molar-refractivity contribution is -0.401. The van der Waals surface area contributed by atoms with Crippen LogP contribution in [0.25, 0.3) is 0 Å². The quantitative estimate of drug-likeness (QED) is 0.247. The Hall–Kier alpha value is -0.330. The number of hydrogen-bond donors (Lipinski definition) is 5. The number of ether oxygens (including phenoxy) is 1. The minimum absolute atomic E-state index is 0.676. The van der Waals surface area contributed by atoms with Gasteiger partial charge in [-0.2, -0.15) is 12.6 Å². The summed E-state index contributed by atoms with van der Waals surface area (Å²) in [5, 5.41) is 36.5. The van der Waals surface area contributed by atoms with Crippen molar-refractivity contribution in [2.45, 2.75) is 24.3 Å². The first-order valence-corrected chi connectivity index (χ1v) is 5.11. The van der Waals surface area contributed by atoms with E-state index < -0.39 is 41.3 Å². The highest BCUT2D eigenvalue weighted by Crippen LogP contribution is 2.26. The van der Waals surface area contributed by atoms with E-state index in [-0.39, 0.29) is 0 Å². The van der Waals surface area contributed by atoms with Gasteiger partial charge in [-0.05, 0) is 0 Å². The monoisotopic (exact) mass is 246 g/mol. The van der Waals surface area contributed by atoms with E-state index in [0.29, 0.717) is 0 Å². The smallest absolute Gasteiger partial charge is 0.388 e. The Balaban J connectivity index is 2.85. The third kappa shape index (κ3) is 2.83. The van der Waals surface area contributed by atoms with E-state index in [1.165, 1.54) is 0 Å². The lowest BCUT2D eigenvalue weighted by Gasteiger charge is -2.39. The summed E-state index contributed by atoms with van der Waals surface area (Å²) < 4.78 is 36.7. The molecule has 5 N–H and O–H groups in total. The molecular weight excluding hydrogens is 236 g/mol. The molecule has 4 atom stereocenters. The fourth-order valence-corrected chi connectivity index (χ4v) is 1.49. The highest BCUT2D eigenvalue weighted by Gasteiger charge is 2.52. The van der Waals surface area contributed by atoms with Crippen molar-refractivity contribution < 1.29 is 42.3 Å². The van der Waals surface area contributed by atoms with Crippen LogP contribution in [0.15, 0.2) is 0 Å². The van der Waals surface area contributed by atoms with Gasteiger partial charge in [0, 0.05) is 0 Å². The lowest BCUT2D eigenvalue weighted by atomic mass is 10.0. The van der Waals surface area contributed by atoms with E-state index in [0.717, 1.165) is 0 Å². The Morgan fingerprint density at radius 2 is 1.87 bits per heavy atom. The molecule has 0 aromatic heterocycles. The first kappa shape index (κ1) is 12.7. The second kappa shape index (κ2) is 3.92. The Bertz CT molecular complexity index is 325. The Kier molecular flexibility index (Phi) is 3.33. The number of aliphatic hydroxyl groups excluding tert-OH is 3. The summed E-state index contributed by atoms with van der Waals surface area (Å²) in [7, 11) is -5.08. The van der Waals surface area contributed by atoms with Gasteiger partial charge in [-0.1, -0.05) is 0 Å². The van der Waals surface area contributed by atoms with Gasteiger partial charge < -0.3 is 25.2 Å². The molecule has 15 heavy (non-hydrogen) atoms. The summed E-state index contributed by atoms with van der Waals surface area (Å²) in [4.78, 5) is 0. The fraction of sp³-hybridized carbons (Fsp3) is 1.00. The van der Waals surface area contributed by atoms with Gasteiger partial charge in [0.1, 0.15) is 12.2 Å². The van der Waals surface area contributed by atoms with Gasteiger partial charge in [0.25, 0.3) is 0 Å². The van der Waals surface area contributed by atoms with Crippen LogP contribution < -0.4 is 0 Å². The maximum Gasteiger partial charge on any atom is 0.402 e. The van der Waals surface area contributed by atoms with Crippen LogP contribution >= 0.6 is 0 Å². The maximum absolute atomic E-state index is 10.3. The molecule has 10 heteroatoms. The topological polar surface area (TPSA) is 154 Å². The Morgan fingerprint density at radius 3 is 2.33 bits per heavy atom. The van der Waals surface area contributed by atoms with Crippen molar-refractivity contribution in [2.24, 2.45) is 0 Å². The molecule has 0 radical (unpaired) electrons. The van der Waals surface area contributed by atoms with Gasteiger partial charge in [-0.15, -0.1) is 0 Å². The predicted molar refractivity (Wildman–Crippen MR) is 41.6 cm³/mol. The molecule has 1 saturated heterocycles. The molecule has 0 spiro atoms. The molecule has 1 heterocycles. The molecule has 90 valence electrons. The molecule has 0 aliphatic carbocycles. The fourth-order valence-electron chi connectivity index (χ4n) is 1.04. The van der Waals surface area contributed by atoms with E-state index in [1.807, 2.05) is 0 Å². The molecule has 0 amide bonds. The zero-order valence-corrected chi connectivity index (χ0v) is 8.03. The second-order valence-electron chi connectivity index (χ2n) is 2.96. The van der Waals surface area contributed by atoms with Crippen LogP contribution in [0, 0.1) is 0 Å². The van der Waals surface area contributed by atoms with E-state index in [4.69, 9.17) is 19.9 Å². The molecule has 1 fully saturated rings. The van der Waals surface area contributed by atoms with E-state index in [1.54, 1.807) is 0 Å². The summed E-state index contributed by atoms with van der Waals surface area (Å²) in [6.45, 7) is -0.676. The normalized spacial score (nSPS) is 42.9. The van der Waals surface area contributed by atoms with Crippen molar-refractivity contribution >= 4 is 10.4 Å². The summed E-state index contributed by atoms with van der Waals surface area (Å²) >= 11 is 0. The molecule has 0 aromatic carbocycles. The molecule has 1 aliphatic rings. The van der Waals surface area contributed by atoms with Crippen LogP contribution in [-0.2, 0) is 19.3 Å². The van der Waals surface area contributed by atoms with Gasteiger partial charge in [0.05, 0.1) is 6.61 Å². The van der Waals surface area contributed by atoms with Crippen molar-refractivity contribution in [3.63, 3.8) is 0 Å². The van der Waals surface area contributed by atoms with Gasteiger partial charge in [-0.3, -0.25) is 4.55 Å². The van der Waals surface area contributed by atoms with Crippen LogP contribution in [0.5, 0.6) is 0 Å². The van der Waals surface area contributed by atoms with E-state index in [2.05, 4.69) is 8.92 Å². The van der Waals surface area contributed by atoms with Gasteiger partial charge in [0.15, 0.2) is 6.10 Å². The van der Waals surface area contributed by atoms with Crippen LogP contribution in [0.4, 0.5) is 0 Å². The Morgan fingerprint density at radius 1 is 1.33 bits per heavy atom. The Labute approximate surface area is 84.4 Å². The third-order valence-corrected chi connectivity index (χ3v) is 2.23. The van der Waals surface area contributed by atoms with E-state index >= 15 is 0 Å². The standard InChI is InChI=1S/C5H10O9S/c6-2-1-13-5(9,4(8)3(2)7)14-15(10,11)12/h2-4,6-9H,1H2,(H,10,11,12)/t2-,3+,4-,5?/m1/s1. The minimum Gasteiger partial charge on any atom is -0.388 e. The zero-order valence-electron chi connectivity index (χ0n) is 7.22. The maximum atomic E-state index is 10.3. The summed E-state index contributed by atoms with van der Waals surface area (Å²) in [5.41, 5.74) is 0. The van der Waals surface area contributed by atoms with Crippen LogP contribution in [0.1, 0.15) is 0 Å². The average Bonchev–Trinajstić information content (AvgIpc) is 2.06. The first-order valence-electron chi connectivity index (χ1n) is 3.74. The lowest BCUT2D eigenvalue weighted by Crippen LogP contribution is -2.62. The van der Waals surface area contributed by atoms with Gasteiger partial charge in [0.2, 0.25) is 0 Å². The van der Waals surface area contributed by atoms with Crippen molar-refractivity contribution in [1.29, 1.82) is 0 Å². The minimum atomic E-state index is -5.08. The molecule has 1 aliphatic heterocycles. The number of hydrogen-bond acceptors (Lipinski definition) is 8.